The maximum Gasteiger partial charge on any atom is 0.409 e. The summed E-state index contributed by atoms with van der Waals surface area (Å²) in [7, 11) is 7.50. The Balaban J connectivity index is 1.31. The first-order valence-corrected chi connectivity index (χ1v) is 23.8. The van der Waals surface area contributed by atoms with E-state index < -0.39 is 82.4 Å². The van der Waals surface area contributed by atoms with Crippen LogP contribution in [0.5, 0.6) is 5.75 Å². The van der Waals surface area contributed by atoms with Crippen LogP contribution in [0.2, 0.25) is 5.02 Å². The molecule has 4 heterocycles. The summed E-state index contributed by atoms with van der Waals surface area (Å²) in [5.41, 5.74) is -1.62. The van der Waals surface area contributed by atoms with Crippen LogP contribution in [0.1, 0.15) is 79.2 Å². The summed E-state index contributed by atoms with van der Waals surface area (Å²) in [5, 5.41) is 13.9. The predicted molar refractivity (Wildman–Crippen MR) is 250 cm³/mol. The monoisotopic (exact) mass is 978 g/mol. The number of imide groups is 1. The van der Waals surface area contributed by atoms with Crippen molar-refractivity contribution in [1.82, 2.24) is 15.1 Å². The van der Waals surface area contributed by atoms with Crippen LogP contribution in [0.15, 0.2) is 35.9 Å². The van der Waals surface area contributed by atoms with E-state index in [2.05, 4.69) is 5.32 Å². The number of alkyl carbamates (subject to hydrolysis) is 1. The number of halogens is 1. The molecule has 4 aliphatic rings. The van der Waals surface area contributed by atoms with Gasteiger partial charge in [0.25, 0.3) is 0 Å². The van der Waals surface area contributed by atoms with Crippen LogP contribution < -0.4 is 15.0 Å². The molecule has 0 aromatic heterocycles. The van der Waals surface area contributed by atoms with E-state index >= 15 is 0 Å². The molecule has 0 aliphatic carbocycles. The van der Waals surface area contributed by atoms with Crippen molar-refractivity contribution >= 4 is 64.7 Å². The second kappa shape index (κ2) is 22.5. The van der Waals surface area contributed by atoms with Gasteiger partial charge in [0.15, 0.2) is 5.72 Å². The molecule has 4 aliphatic heterocycles. The molecular weight excluding hydrogens is 912 g/mol. The number of carbonyl (C=O) groups excluding carboxylic acids is 6. The van der Waals surface area contributed by atoms with Crippen LogP contribution in [0.3, 0.4) is 0 Å². The maximum atomic E-state index is 14.3. The van der Waals surface area contributed by atoms with Crippen LogP contribution in [0.4, 0.5) is 10.5 Å². The van der Waals surface area contributed by atoms with Gasteiger partial charge in [-0.1, -0.05) is 42.3 Å². The van der Waals surface area contributed by atoms with Crippen molar-refractivity contribution in [3.05, 3.63) is 46.5 Å². The number of likely N-dealkylation sites (tertiary alicyclic amines) is 1. The molecule has 20 heteroatoms. The largest absolute Gasteiger partial charge is 0.495 e. The van der Waals surface area contributed by atoms with Gasteiger partial charge in [0.05, 0.1) is 49.3 Å². The van der Waals surface area contributed by atoms with E-state index in [1.807, 2.05) is 26.8 Å². The zero-order chi connectivity index (χ0) is 49.6. The van der Waals surface area contributed by atoms with E-state index in [0.717, 1.165) is 11.1 Å². The molecule has 9 atom stereocenters. The molecule has 3 fully saturated rings. The predicted octanol–water partition coefficient (Wildman–Crippen LogP) is 4.60. The third-order valence-electron chi connectivity index (χ3n) is 13.1. The molecule has 372 valence electrons. The lowest BCUT2D eigenvalue weighted by Gasteiger charge is -2.42. The van der Waals surface area contributed by atoms with Crippen molar-refractivity contribution < 1.29 is 67.0 Å². The summed E-state index contributed by atoms with van der Waals surface area (Å²) < 4.78 is 40.4. The average molecular weight is 980 g/mol. The second-order valence-corrected chi connectivity index (χ2v) is 20.1. The third-order valence-corrected chi connectivity index (χ3v) is 14.7. The van der Waals surface area contributed by atoms with Gasteiger partial charge >= 0.3 is 12.1 Å². The molecule has 1 unspecified atom stereocenters. The molecule has 5 amide bonds. The summed E-state index contributed by atoms with van der Waals surface area (Å²) in [5.74, 6) is -2.38. The molecule has 0 saturated carbocycles. The summed E-state index contributed by atoms with van der Waals surface area (Å²) in [6.45, 7) is 11.5. The number of thioether (sulfide) groups is 1. The topological polar surface area (TPSA) is 212 Å². The van der Waals surface area contributed by atoms with Crippen molar-refractivity contribution in [3.63, 3.8) is 0 Å². The van der Waals surface area contributed by atoms with E-state index in [1.54, 1.807) is 52.3 Å². The van der Waals surface area contributed by atoms with Gasteiger partial charge in [-0.25, -0.2) is 9.59 Å². The first kappa shape index (κ1) is 53.7. The molecule has 1 aromatic carbocycles. The number of esters is 1. The number of nitrogens with one attached hydrogen (secondary N) is 1. The highest BCUT2D eigenvalue weighted by Gasteiger charge is 2.64. The number of amides is 5. The van der Waals surface area contributed by atoms with Gasteiger partial charge in [-0.2, -0.15) is 0 Å². The number of allylic oxidation sites excluding steroid dienone is 3. The molecule has 3 saturated heterocycles. The molecule has 4 bridgehead atoms. The highest BCUT2D eigenvalue weighted by atomic mass is 35.5. The highest BCUT2D eigenvalue weighted by molar-refractivity contribution is 8.00. The number of carbonyl (C=O) groups is 6. The summed E-state index contributed by atoms with van der Waals surface area (Å²) in [6, 6.07) is 2.42. The molecule has 1 aromatic rings. The van der Waals surface area contributed by atoms with Crippen LogP contribution in [0, 0.1) is 5.92 Å². The quantitative estimate of drug-likeness (QED) is 0.132. The van der Waals surface area contributed by atoms with Gasteiger partial charge < -0.3 is 48.1 Å². The van der Waals surface area contributed by atoms with E-state index in [0.29, 0.717) is 30.9 Å². The van der Waals surface area contributed by atoms with Crippen LogP contribution in [0.25, 0.3) is 0 Å². The Morgan fingerprint density at radius 2 is 1.84 bits per heavy atom. The van der Waals surface area contributed by atoms with Gasteiger partial charge in [0, 0.05) is 65.9 Å². The first-order chi connectivity index (χ1) is 31.5. The SMILES string of the molecule is COCCC(C)(C)OCCN1C(=O)CC(SCCC(=O)N(C)[C@@H](C)C(=O)O[C@H]2CC(=O)N(C)c3cc(cc(OC)c3Cl)C/C(C)=C/C=C/[C@@H](OC)[C@@]3(O)C[C@H](OC(=O)N3)[C@@H](C)[C@@H]3O[C@@]23C)C1=O. The lowest BCUT2D eigenvalue weighted by Crippen LogP contribution is -2.63. The lowest BCUT2D eigenvalue weighted by atomic mass is 9.83. The number of rotatable bonds is 16. The molecule has 2 N–H and O–H groups in total. The number of nitrogens with zero attached hydrogens (tertiary/aromatic N) is 3. The average Bonchev–Trinajstić information content (AvgIpc) is 3.90. The number of benzene rings is 1. The van der Waals surface area contributed by atoms with Crippen LogP contribution >= 0.6 is 23.4 Å². The number of methoxy groups -OCH3 is 3. The highest BCUT2D eigenvalue weighted by Crippen LogP contribution is 2.49. The fraction of sp³-hybridized carbons (Fsp3) is 0.660. The van der Waals surface area contributed by atoms with Gasteiger partial charge in [0.1, 0.15) is 40.7 Å². The number of aliphatic hydroxyl groups is 1. The molecule has 18 nitrogen and oxygen atoms in total. The Labute approximate surface area is 402 Å². The van der Waals surface area contributed by atoms with Crippen molar-refractivity contribution in [1.29, 1.82) is 0 Å². The minimum atomic E-state index is -1.87. The van der Waals surface area contributed by atoms with Crippen molar-refractivity contribution in [2.75, 3.05) is 65.8 Å². The molecule has 67 heavy (non-hydrogen) atoms. The minimum Gasteiger partial charge on any atom is -0.495 e. The number of likely N-dealkylation sites (N-methyl/N-ethyl adjacent to an activating group) is 1. The van der Waals surface area contributed by atoms with E-state index in [1.165, 1.54) is 54.7 Å². The third kappa shape index (κ3) is 12.9. The number of ether oxygens (including phenoxy) is 7. The Kier molecular flexibility index (Phi) is 18.0. The summed E-state index contributed by atoms with van der Waals surface area (Å²) in [4.78, 5) is 84.5. The summed E-state index contributed by atoms with van der Waals surface area (Å²) in [6.07, 6.45) is 1.10. The number of fused-ring (bicyclic) bond motifs is 5. The molecular formula is C47H67ClN4O14S. The Bertz CT molecular complexity index is 2090. The standard InChI is InChI=1S/C47H67ClN4O14S/c1-27-13-12-14-35(62-11)47(59)26-33(64-44(58)49-47)28(2)41-46(6,66-41)36(25-38(54)51(8)31-22-30(21-27)23-32(61-10)40(31)48)65-43(57)29(3)50(7)37(53)15-20-67-34-24-39(55)52(42(34)56)17-19-63-45(4,5)16-18-60-9/h12-14,22-23,28-29,33-36,41,59H,15-21,24-26H2,1-11H3,(H,49,58)/b14-12+,27-13+/t28-,29+,33+,34?,35-,36+,41+,46+,47+/m1/s1. The fourth-order valence-corrected chi connectivity index (χ4v) is 9.95. The minimum absolute atomic E-state index is 0.00717. The lowest BCUT2D eigenvalue weighted by molar-refractivity contribution is -0.162. The van der Waals surface area contributed by atoms with Crippen molar-refractivity contribution in [2.45, 2.75) is 133 Å². The number of hydrogen-bond acceptors (Lipinski definition) is 15. The van der Waals surface area contributed by atoms with Crippen molar-refractivity contribution in [2.24, 2.45) is 5.92 Å². The number of hydrogen-bond donors (Lipinski definition) is 2. The summed E-state index contributed by atoms with van der Waals surface area (Å²) >= 11 is 8.01. The molecule has 5 rings (SSSR count). The Hall–Kier alpha value is -4.24. The van der Waals surface area contributed by atoms with E-state index in [9.17, 15) is 33.9 Å². The normalized spacial score (nSPS) is 29.8. The van der Waals surface area contributed by atoms with Gasteiger partial charge in [0.2, 0.25) is 23.6 Å². The molecule has 0 radical (unpaired) electrons. The van der Waals surface area contributed by atoms with Crippen molar-refractivity contribution in [3.8, 4) is 5.75 Å². The van der Waals surface area contributed by atoms with Crippen LogP contribution in [-0.4, -0.2) is 164 Å². The zero-order valence-corrected chi connectivity index (χ0v) is 42.0. The number of anilines is 1. The van der Waals surface area contributed by atoms with Gasteiger partial charge in [-0.15, -0.1) is 11.8 Å². The second-order valence-electron chi connectivity index (χ2n) is 18.5. The van der Waals surface area contributed by atoms with E-state index in [-0.39, 0.29) is 61.4 Å². The van der Waals surface area contributed by atoms with Gasteiger partial charge in [-0.05, 0) is 65.2 Å². The maximum absolute atomic E-state index is 14.3. The van der Waals surface area contributed by atoms with E-state index in [4.69, 9.17) is 44.8 Å². The molecule has 0 spiro atoms. The first-order valence-electron chi connectivity index (χ1n) is 22.4. The zero-order valence-electron chi connectivity index (χ0n) is 40.4. The Morgan fingerprint density at radius 1 is 1.12 bits per heavy atom. The number of epoxide rings is 1. The fourth-order valence-electron chi connectivity index (χ4n) is 8.53. The van der Waals surface area contributed by atoms with Gasteiger partial charge in [-0.3, -0.25) is 29.4 Å². The Morgan fingerprint density at radius 3 is 2.51 bits per heavy atom. The van der Waals surface area contributed by atoms with Crippen LogP contribution in [-0.2, 0) is 58.8 Å². The smallest absolute Gasteiger partial charge is 0.409 e.